The molecule has 0 saturated carbocycles. The Morgan fingerprint density at radius 3 is 1.11 bits per heavy atom. The highest BCUT2D eigenvalue weighted by Gasteiger charge is 2.19. The highest BCUT2D eigenvalue weighted by molar-refractivity contribution is 6.03. The standard InChI is InChI=1S/C28H30O10/c1-3-13-35-25(29)21-9-5-7-11-23(21)27(31)37-19-17-33-15-16-34-18-20-38-28(32)24-12-8-6-10-22(24)26(30)36-14-4-2/h3-12H,1-2,13-20H2. The molecule has 0 aromatic heterocycles. The molecule has 2 aromatic carbocycles. The van der Waals surface area contributed by atoms with Crippen LogP contribution in [0.25, 0.3) is 0 Å². The molecule has 38 heavy (non-hydrogen) atoms. The Morgan fingerprint density at radius 2 is 0.789 bits per heavy atom. The van der Waals surface area contributed by atoms with Crippen LogP contribution in [0, 0.1) is 0 Å². The highest BCUT2D eigenvalue weighted by Crippen LogP contribution is 2.13. The number of hydrogen-bond donors (Lipinski definition) is 0. The molecule has 0 saturated heterocycles. The van der Waals surface area contributed by atoms with E-state index in [9.17, 15) is 19.2 Å². The van der Waals surface area contributed by atoms with E-state index in [1.54, 1.807) is 24.3 Å². The minimum atomic E-state index is -0.673. The number of carbonyl (C=O) groups excluding carboxylic acids is 4. The fourth-order valence-electron chi connectivity index (χ4n) is 2.97. The first kappa shape index (κ1) is 29.9. The van der Waals surface area contributed by atoms with Crippen LogP contribution in [0.3, 0.4) is 0 Å². The molecule has 0 N–H and O–H groups in total. The van der Waals surface area contributed by atoms with Crippen LogP contribution in [0.15, 0.2) is 73.8 Å². The maximum atomic E-state index is 12.3. The van der Waals surface area contributed by atoms with E-state index in [0.717, 1.165) is 0 Å². The summed E-state index contributed by atoms with van der Waals surface area (Å²) in [4.78, 5) is 48.8. The van der Waals surface area contributed by atoms with E-state index in [4.69, 9.17) is 28.4 Å². The summed E-state index contributed by atoms with van der Waals surface area (Å²) < 4.78 is 31.0. The Balaban J connectivity index is 1.61. The molecule has 0 aliphatic carbocycles. The fraction of sp³-hybridized carbons (Fsp3) is 0.286. The average molecular weight is 527 g/mol. The molecular weight excluding hydrogens is 496 g/mol. The van der Waals surface area contributed by atoms with Gasteiger partial charge in [-0.05, 0) is 24.3 Å². The second kappa shape index (κ2) is 17.2. The summed E-state index contributed by atoms with van der Waals surface area (Å²) in [6.07, 6.45) is 2.86. The number of esters is 4. The van der Waals surface area contributed by atoms with E-state index in [0.29, 0.717) is 0 Å². The van der Waals surface area contributed by atoms with Gasteiger partial charge in [0.2, 0.25) is 0 Å². The molecule has 202 valence electrons. The van der Waals surface area contributed by atoms with Gasteiger partial charge in [0.05, 0.1) is 48.7 Å². The predicted octanol–water partition coefficient (Wildman–Crippen LogP) is 3.42. The number of rotatable bonds is 17. The first-order valence-corrected chi connectivity index (χ1v) is 11.7. The molecule has 10 heteroatoms. The summed E-state index contributed by atoms with van der Waals surface area (Å²) in [6, 6.07) is 12.4. The molecule has 2 aromatic rings. The Bertz CT molecular complexity index is 1020. The molecule has 0 heterocycles. The van der Waals surface area contributed by atoms with Gasteiger partial charge >= 0.3 is 23.9 Å². The molecule has 0 unspecified atom stereocenters. The molecule has 0 aliphatic rings. The van der Waals surface area contributed by atoms with Crippen LogP contribution in [0.4, 0.5) is 0 Å². The SMILES string of the molecule is C=CCOC(=O)c1ccccc1C(=O)OCCOCCOCCOC(=O)c1ccccc1C(=O)OCC=C. The highest BCUT2D eigenvalue weighted by atomic mass is 16.6. The summed E-state index contributed by atoms with van der Waals surface area (Å²) in [6.45, 7) is 7.62. The number of ether oxygens (including phenoxy) is 6. The zero-order valence-corrected chi connectivity index (χ0v) is 20.9. The lowest BCUT2D eigenvalue weighted by Gasteiger charge is -2.10. The molecule has 0 atom stereocenters. The quantitative estimate of drug-likeness (QED) is 0.131. The summed E-state index contributed by atoms with van der Waals surface area (Å²) in [5.74, 6) is -2.64. The van der Waals surface area contributed by atoms with Crippen molar-refractivity contribution in [3.05, 3.63) is 96.1 Å². The predicted molar refractivity (Wildman–Crippen MR) is 136 cm³/mol. The van der Waals surface area contributed by atoms with Gasteiger partial charge in [-0.15, -0.1) is 0 Å². The van der Waals surface area contributed by atoms with Crippen LogP contribution in [0.2, 0.25) is 0 Å². The van der Waals surface area contributed by atoms with Gasteiger partial charge in [-0.25, -0.2) is 19.2 Å². The molecule has 0 bridgehead atoms. The fourth-order valence-corrected chi connectivity index (χ4v) is 2.97. The Labute approximate surface area is 220 Å². The lowest BCUT2D eigenvalue weighted by atomic mass is 10.1. The minimum Gasteiger partial charge on any atom is -0.460 e. The lowest BCUT2D eigenvalue weighted by Crippen LogP contribution is -2.18. The monoisotopic (exact) mass is 526 g/mol. The zero-order chi connectivity index (χ0) is 27.6. The van der Waals surface area contributed by atoms with E-state index >= 15 is 0 Å². The van der Waals surface area contributed by atoms with Crippen LogP contribution in [0.5, 0.6) is 0 Å². The number of benzene rings is 2. The van der Waals surface area contributed by atoms with Crippen molar-refractivity contribution in [2.45, 2.75) is 0 Å². The van der Waals surface area contributed by atoms with Crippen LogP contribution >= 0.6 is 0 Å². The summed E-state index contributed by atoms with van der Waals surface area (Å²) in [5, 5.41) is 0. The second-order valence-electron chi connectivity index (χ2n) is 7.36. The normalized spacial score (nSPS) is 10.2. The van der Waals surface area contributed by atoms with Gasteiger partial charge in [-0.1, -0.05) is 49.6 Å². The number of carbonyl (C=O) groups is 4. The van der Waals surface area contributed by atoms with Crippen molar-refractivity contribution in [3.8, 4) is 0 Å². The third kappa shape index (κ3) is 10.00. The average Bonchev–Trinajstić information content (AvgIpc) is 2.95. The Morgan fingerprint density at radius 1 is 0.500 bits per heavy atom. The van der Waals surface area contributed by atoms with Crippen molar-refractivity contribution < 1.29 is 47.6 Å². The van der Waals surface area contributed by atoms with Gasteiger partial charge in [-0.2, -0.15) is 0 Å². The molecule has 0 amide bonds. The van der Waals surface area contributed by atoms with Crippen molar-refractivity contribution in [1.29, 1.82) is 0 Å². The van der Waals surface area contributed by atoms with E-state index in [1.165, 1.54) is 36.4 Å². The lowest BCUT2D eigenvalue weighted by molar-refractivity contribution is 0.00216. The maximum Gasteiger partial charge on any atom is 0.339 e. The van der Waals surface area contributed by atoms with Crippen molar-refractivity contribution in [2.24, 2.45) is 0 Å². The van der Waals surface area contributed by atoms with E-state index in [1.807, 2.05) is 0 Å². The van der Waals surface area contributed by atoms with E-state index in [2.05, 4.69) is 13.2 Å². The van der Waals surface area contributed by atoms with E-state index in [-0.39, 0.29) is 75.1 Å². The Hall–Kier alpha value is -4.28. The van der Waals surface area contributed by atoms with Gasteiger partial charge < -0.3 is 28.4 Å². The van der Waals surface area contributed by atoms with Gasteiger partial charge in [0, 0.05) is 0 Å². The molecular formula is C28H30O10. The van der Waals surface area contributed by atoms with Crippen LogP contribution in [-0.4, -0.2) is 76.7 Å². The largest absolute Gasteiger partial charge is 0.460 e. The molecule has 0 spiro atoms. The molecule has 2 rings (SSSR count). The molecule has 0 aliphatic heterocycles. The van der Waals surface area contributed by atoms with Gasteiger partial charge in [0.1, 0.15) is 26.4 Å². The third-order valence-electron chi connectivity index (χ3n) is 4.69. The van der Waals surface area contributed by atoms with Crippen LogP contribution in [-0.2, 0) is 28.4 Å². The van der Waals surface area contributed by atoms with E-state index < -0.39 is 23.9 Å². The molecule has 10 nitrogen and oxygen atoms in total. The van der Waals surface area contributed by atoms with Crippen molar-refractivity contribution >= 4 is 23.9 Å². The first-order chi connectivity index (χ1) is 18.5. The summed E-state index contributed by atoms with van der Waals surface area (Å²) in [7, 11) is 0. The van der Waals surface area contributed by atoms with Gasteiger partial charge in [0.15, 0.2) is 0 Å². The Kier molecular flexibility index (Phi) is 13.6. The number of hydrogen-bond acceptors (Lipinski definition) is 10. The molecule has 0 radical (unpaired) electrons. The topological polar surface area (TPSA) is 124 Å². The minimum absolute atomic E-state index is 0.0267. The van der Waals surface area contributed by atoms with Crippen molar-refractivity contribution in [3.63, 3.8) is 0 Å². The summed E-state index contributed by atoms with van der Waals surface area (Å²) >= 11 is 0. The first-order valence-electron chi connectivity index (χ1n) is 11.7. The zero-order valence-electron chi connectivity index (χ0n) is 20.9. The van der Waals surface area contributed by atoms with Crippen LogP contribution < -0.4 is 0 Å². The van der Waals surface area contributed by atoms with Gasteiger partial charge in [0.25, 0.3) is 0 Å². The smallest absolute Gasteiger partial charge is 0.339 e. The maximum absolute atomic E-state index is 12.3. The van der Waals surface area contributed by atoms with Crippen LogP contribution in [0.1, 0.15) is 41.4 Å². The molecule has 0 fully saturated rings. The second-order valence-corrected chi connectivity index (χ2v) is 7.36. The summed E-state index contributed by atoms with van der Waals surface area (Å²) in [5.41, 5.74) is 0.391. The van der Waals surface area contributed by atoms with Crippen molar-refractivity contribution in [2.75, 3.05) is 52.9 Å². The van der Waals surface area contributed by atoms with Crippen molar-refractivity contribution in [1.82, 2.24) is 0 Å². The van der Waals surface area contributed by atoms with Gasteiger partial charge in [-0.3, -0.25) is 0 Å². The third-order valence-corrected chi connectivity index (χ3v) is 4.69.